The van der Waals surface area contributed by atoms with Crippen molar-refractivity contribution in [3.63, 3.8) is 0 Å². The number of hydrogen-bond acceptors (Lipinski definition) is 5. The molecule has 0 rings (SSSR count). The highest BCUT2D eigenvalue weighted by Crippen LogP contribution is 2.02. The molecule has 0 aromatic carbocycles. The van der Waals surface area contributed by atoms with Crippen molar-refractivity contribution in [2.45, 2.75) is 12.1 Å². The lowest BCUT2D eigenvalue weighted by atomic mass is 10.4. The minimum absolute atomic E-state index is 0.247. The van der Waals surface area contributed by atoms with Crippen LogP contribution in [-0.4, -0.2) is 46.8 Å². The molecule has 5 heteroatoms. The molecule has 0 aliphatic rings. The van der Waals surface area contributed by atoms with Gasteiger partial charge in [0.25, 0.3) is 0 Å². The van der Waals surface area contributed by atoms with Gasteiger partial charge in [-0.15, -0.1) is 0 Å². The van der Waals surface area contributed by atoms with Crippen LogP contribution in [0.3, 0.4) is 0 Å². The normalized spacial score (nSPS) is 15.9. The van der Waals surface area contributed by atoms with Crippen molar-refractivity contribution in [3.8, 4) is 0 Å². The Morgan fingerprint density at radius 1 is 1.55 bits per heavy atom. The van der Waals surface area contributed by atoms with E-state index in [-0.39, 0.29) is 6.61 Å². The van der Waals surface area contributed by atoms with Gasteiger partial charge in [0.1, 0.15) is 6.29 Å². The van der Waals surface area contributed by atoms with E-state index in [4.69, 9.17) is 15.9 Å². The summed E-state index contributed by atoms with van der Waals surface area (Å²) < 4.78 is 0. The number of carbonyl (C=O) groups is 1. The van der Waals surface area contributed by atoms with Gasteiger partial charge in [0.15, 0.2) is 0 Å². The molecule has 0 saturated heterocycles. The fraction of sp³-hybridized carbons (Fsp3) is 0.833. The van der Waals surface area contributed by atoms with Crippen LogP contribution in [0.2, 0.25) is 0 Å². The van der Waals surface area contributed by atoms with E-state index in [0.29, 0.717) is 17.8 Å². The Morgan fingerprint density at radius 3 is 2.64 bits per heavy atom. The van der Waals surface area contributed by atoms with Gasteiger partial charge < -0.3 is 20.7 Å². The first kappa shape index (κ1) is 10.9. The molecular weight excluding hydrogens is 166 g/mol. The zero-order valence-electron chi connectivity index (χ0n) is 6.14. The molecule has 0 amide bonds. The number of aliphatic hydroxyl groups is 2. The van der Waals surface area contributed by atoms with Gasteiger partial charge in [0.05, 0.1) is 18.8 Å². The first-order valence-corrected chi connectivity index (χ1v) is 4.43. The summed E-state index contributed by atoms with van der Waals surface area (Å²) in [6, 6.07) is -0.467. The van der Waals surface area contributed by atoms with Crippen molar-refractivity contribution in [3.05, 3.63) is 0 Å². The van der Waals surface area contributed by atoms with Gasteiger partial charge in [-0.05, 0) is 0 Å². The first-order valence-electron chi connectivity index (χ1n) is 3.28. The molecule has 66 valence electrons. The Morgan fingerprint density at radius 2 is 2.18 bits per heavy atom. The van der Waals surface area contributed by atoms with Crippen molar-refractivity contribution in [1.82, 2.24) is 0 Å². The van der Waals surface area contributed by atoms with Gasteiger partial charge in [0, 0.05) is 11.5 Å². The maximum atomic E-state index is 10.00. The second-order valence-corrected chi connectivity index (χ2v) is 3.25. The Labute approximate surface area is 69.8 Å². The Balaban J connectivity index is 3.19. The highest BCUT2D eigenvalue weighted by Gasteiger charge is 2.04. The van der Waals surface area contributed by atoms with E-state index >= 15 is 0 Å². The van der Waals surface area contributed by atoms with E-state index < -0.39 is 12.1 Å². The molecular formula is C6H13NO3S. The molecule has 0 aromatic heterocycles. The fourth-order valence-corrected chi connectivity index (χ4v) is 1.30. The van der Waals surface area contributed by atoms with Gasteiger partial charge in [-0.25, -0.2) is 0 Å². The molecule has 1 unspecified atom stereocenters. The Kier molecular flexibility index (Phi) is 6.54. The maximum Gasteiger partial charge on any atom is 0.137 e. The van der Waals surface area contributed by atoms with Gasteiger partial charge in [-0.3, -0.25) is 0 Å². The van der Waals surface area contributed by atoms with Crippen LogP contribution in [0.5, 0.6) is 0 Å². The van der Waals surface area contributed by atoms with Crippen LogP contribution in [0, 0.1) is 0 Å². The summed E-state index contributed by atoms with van der Waals surface area (Å²) in [5.41, 5.74) is 5.27. The van der Waals surface area contributed by atoms with Crippen molar-refractivity contribution < 1.29 is 15.0 Å². The van der Waals surface area contributed by atoms with Gasteiger partial charge in [-0.2, -0.15) is 11.8 Å². The van der Waals surface area contributed by atoms with Crippen molar-refractivity contribution >= 4 is 18.0 Å². The van der Waals surface area contributed by atoms with Crippen LogP contribution in [0.4, 0.5) is 0 Å². The van der Waals surface area contributed by atoms with Crippen molar-refractivity contribution in [2.24, 2.45) is 5.73 Å². The smallest absolute Gasteiger partial charge is 0.137 e. The van der Waals surface area contributed by atoms with Crippen LogP contribution in [0.25, 0.3) is 0 Å². The number of carbonyl (C=O) groups excluding carboxylic acids is 1. The SMILES string of the molecule is N[C@H](C=O)CSCC(O)CO. The largest absolute Gasteiger partial charge is 0.394 e. The highest BCUT2D eigenvalue weighted by atomic mass is 32.2. The van der Waals surface area contributed by atoms with Crippen LogP contribution < -0.4 is 5.73 Å². The molecule has 2 atom stereocenters. The quantitative estimate of drug-likeness (QED) is 0.437. The van der Waals surface area contributed by atoms with Crippen LogP contribution in [-0.2, 0) is 4.79 Å². The fourth-order valence-electron chi connectivity index (χ4n) is 0.432. The molecule has 0 aliphatic heterocycles. The van der Waals surface area contributed by atoms with Gasteiger partial charge in [-0.1, -0.05) is 0 Å². The summed E-state index contributed by atoms with van der Waals surface area (Å²) in [5, 5.41) is 17.2. The van der Waals surface area contributed by atoms with E-state index in [2.05, 4.69) is 0 Å². The zero-order valence-corrected chi connectivity index (χ0v) is 6.96. The predicted molar refractivity (Wildman–Crippen MR) is 44.5 cm³/mol. The van der Waals surface area contributed by atoms with E-state index in [1.54, 1.807) is 0 Å². The summed E-state index contributed by atoms with van der Waals surface area (Å²) in [7, 11) is 0. The van der Waals surface area contributed by atoms with Crippen LogP contribution in [0.1, 0.15) is 0 Å². The first-order chi connectivity index (χ1) is 5.20. The van der Waals surface area contributed by atoms with Crippen molar-refractivity contribution in [1.29, 1.82) is 0 Å². The van der Waals surface area contributed by atoms with E-state index in [0.717, 1.165) is 0 Å². The van der Waals surface area contributed by atoms with Gasteiger partial charge in [0.2, 0.25) is 0 Å². The molecule has 0 bridgehead atoms. The molecule has 0 aliphatic carbocycles. The second kappa shape index (κ2) is 6.60. The summed E-state index contributed by atoms with van der Waals surface area (Å²) in [6.45, 7) is -0.247. The third kappa shape index (κ3) is 6.30. The minimum Gasteiger partial charge on any atom is -0.394 e. The lowest BCUT2D eigenvalue weighted by molar-refractivity contribution is -0.108. The third-order valence-electron chi connectivity index (χ3n) is 1.01. The number of thioether (sulfide) groups is 1. The monoisotopic (exact) mass is 179 g/mol. The predicted octanol–water partition coefficient (Wildman–Crippen LogP) is -1.40. The third-order valence-corrected chi connectivity index (χ3v) is 2.25. The topological polar surface area (TPSA) is 83.6 Å². The average Bonchev–Trinajstić information content (AvgIpc) is 2.04. The molecule has 0 radical (unpaired) electrons. The molecule has 0 spiro atoms. The Bertz CT molecular complexity index is 112. The maximum absolute atomic E-state index is 10.00. The molecule has 0 fully saturated rings. The van der Waals surface area contributed by atoms with Gasteiger partial charge >= 0.3 is 0 Å². The second-order valence-electron chi connectivity index (χ2n) is 2.17. The van der Waals surface area contributed by atoms with E-state index in [1.807, 2.05) is 0 Å². The minimum atomic E-state index is -0.709. The standard InChI is InChI=1S/C6H13NO3S/c7-5(1-8)3-11-4-6(10)2-9/h1,5-6,9-10H,2-4,7H2/t5-,6?/m1/s1. The summed E-state index contributed by atoms with van der Waals surface area (Å²) in [6.07, 6.45) is -0.0444. The van der Waals surface area contributed by atoms with E-state index in [9.17, 15) is 4.79 Å². The summed E-state index contributed by atoms with van der Waals surface area (Å²) in [4.78, 5) is 10.00. The number of nitrogens with two attached hydrogens (primary N) is 1. The van der Waals surface area contributed by atoms with E-state index in [1.165, 1.54) is 11.8 Å². The number of aliphatic hydroxyl groups excluding tert-OH is 2. The average molecular weight is 179 g/mol. The molecule has 0 saturated carbocycles. The lowest BCUT2D eigenvalue weighted by Crippen LogP contribution is -2.25. The highest BCUT2D eigenvalue weighted by molar-refractivity contribution is 7.99. The molecule has 4 nitrogen and oxygen atoms in total. The molecule has 0 aromatic rings. The molecule has 4 N–H and O–H groups in total. The number of rotatable bonds is 6. The number of aldehydes is 1. The number of hydrogen-bond donors (Lipinski definition) is 3. The zero-order chi connectivity index (χ0) is 8.69. The van der Waals surface area contributed by atoms with Crippen LogP contribution in [0.15, 0.2) is 0 Å². The van der Waals surface area contributed by atoms with Crippen LogP contribution >= 0.6 is 11.8 Å². The molecule has 0 heterocycles. The summed E-state index contributed by atoms with van der Waals surface area (Å²) in [5.74, 6) is 0.901. The molecule has 11 heavy (non-hydrogen) atoms. The van der Waals surface area contributed by atoms with Crippen molar-refractivity contribution in [2.75, 3.05) is 18.1 Å². The lowest BCUT2D eigenvalue weighted by Gasteiger charge is -2.06. The summed E-state index contributed by atoms with van der Waals surface area (Å²) >= 11 is 1.35. The Hall–Kier alpha value is -0.100.